The van der Waals surface area contributed by atoms with Crippen molar-refractivity contribution in [3.63, 3.8) is 0 Å². The van der Waals surface area contributed by atoms with Gasteiger partial charge in [0.15, 0.2) is 0 Å². The van der Waals surface area contributed by atoms with Crippen molar-refractivity contribution in [1.29, 1.82) is 0 Å². The minimum Gasteiger partial charge on any atom is -0.347 e. The van der Waals surface area contributed by atoms with Crippen LogP contribution in [0.1, 0.15) is 71.6 Å². The summed E-state index contributed by atoms with van der Waals surface area (Å²) in [5.74, 6) is 0.107. The maximum atomic E-state index is 12.7. The Kier molecular flexibility index (Phi) is 7.44. The van der Waals surface area contributed by atoms with Crippen LogP contribution in [-0.2, 0) is 16.0 Å². The van der Waals surface area contributed by atoms with Gasteiger partial charge in [0.25, 0.3) is 5.91 Å². The lowest BCUT2D eigenvalue weighted by atomic mass is 9.93. The van der Waals surface area contributed by atoms with Gasteiger partial charge in [-0.3, -0.25) is 14.5 Å². The number of benzene rings is 1. The Morgan fingerprint density at radius 2 is 1.66 bits per heavy atom. The zero-order chi connectivity index (χ0) is 21.8. The molecule has 6 nitrogen and oxygen atoms in total. The van der Waals surface area contributed by atoms with E-state index in [1.807, 2.05) is 27.7 Å². The van der Waals surface area contributed by atoms with Crippen molar-refractivity contribution in [2.45, 2.75) is 72.4 Å². The summed E-state index contributed by atoms with van der Waals surface area (Å²) in [6.07, 6.45) is 2.02. The number of urea groups is 1. The maximum absolute atomic E-state index is 12.7. The number of nitrogens with zero attached hydrogens (tertiary/aromatic N) is 1. The predicted molar refractivity (Wildman–Crippen MR) is 114 cm³/mol. The molecule has 1 fully saturated rings. The van der Waals surface area contributed by atoms with E-state index in [4.69, 9.17) is 0 Å². The van der Waals surface area contributed by atoms with Gasteiger partial charge >= 0.3 is 6.03 Å². The van der Waals surface area contributed by atoms with Gasteiger partial charge in [-0.2, -0.15) is 0 Å². The summed E-state index contributed by atoms with van der Waals surface area (Å²) >= 11 is 0. The first-order valence-corrected chi connectivity index (χ1v) is 10.7. The second-order valence-corrected chi connectivity index (χ2v) is 8.74. The molecule has 0 radical (unpaired) electrons. The van der Waals surface area contributed by atoms with Gasteiger partial charge in [0.1, 0.15) is 12.1 Å². The fraction of sp³-hybridized carbons (Fsp3) is 0.609. The Labute approximate surface area is 174 Å². The summed E-state index contributed by atoms with van der Waals surface area (Å²) in [5, 5.41) is 5.77. The standard InChI is InChI=1S/C23H35N3O3/c1-7-23(8-2)21(28)26(22(29)25-23)14-19(27)24-20(16(5)6)18-11-9-17(10-12-18)13-15(3)4/h9-12,15-16,20H,7-8,13-14H2,1-6H3,(H,24,27)(H,25,29). The van der Waals surface area contributed by atoms with Crippen molar-refractivity contribution < 1.29 is 14.4 Å². The third kappa shape index (κ3) is 5.17. The van der Waals surface area contributed by atoms with Crippen molar-refractivity contribution in [1.82, 2.24) is 15.5 Å². The first-order valence-electron chi connectivity index (χ1n) is 10.7. The van der Waals surface area contributed by atoms with Crippen LogP contribution in [0.5, 0.6) is 0 Å². The van der Waals surface area contributed by atoms with E-state index >= 15 is 0 Å². The Bertz CT molecular complexity index is 736. The Balaban J connectivity index is 2.08. The number of nitrogens with one attached hydrogen (secondary N) is 2. The molecule has 0 saturated carbocycles. The van der Waals surface area contributed by atoms with Crippen LogP contribution in [0.25, 0.3) is 0 Å². The summed E-state index contributed by atoms with van der Waals surface area (Å²) in [4.78, 5) is 38.7. The number of carbonyl (C=O) groups is 3. The quantitative estimate of drug-likeness (QED) is 0.618. The summed E-state index contributed by atoms with van der Waals surface area (Å²) in [6.45, 7) is 11.9. The van der Waals surface area contributed by atoms with Gasteiger partial charge in [0, 0.05) is 0 Å². The molecule has 6 heteroatoms. The monoisotopic (exact) mass is 401 g/mol. The van der Waals surface area contributed by atoms with Crippen molar-refractivity contribution in [3.05, 3.63) is 35.4 Å². The number of carbonyl (C=O) groups excluding carboxylic acids is 3. The van der Waals surface area contributed by atoms with Crippen molar-refractivity contribution in [2.75, 3.05) is 6.54 Å². The molecule has 1 atom stereocenters. The van der Waals surface area contributed by atoms with E-state index < -0.39 is 11.6 Å². The average Bonchev–Trinajstić information content (AvgIpc) is 2.91. The molecule has 1 aromatic rings. The number of imide groups is 1. The van der Waals surface area contributed by atoms with E-state index in [0.717, 1.165) is 16.9 Å². The van der Waals surface area contributed by atoms with E-state index in [1.54, 1.807) is 0 Å². The Hall–Kier alpha value is -2.37. The molecule has 1 aliphatic heterocycles. The molecule has 1 aromatic carbocycles. The van der Waals surface area contributed by atoms with Crippen molar-refractivity contribution >= 4 is 17.8 Å². The summed E-state index contributed by atoms with van der Waals surface area (Å²) in [6, 6.07) is 7.63. The molecule has 1 heterocycles. The molecule has 0 spiro atoms. The van der Waals surface area contributed by atoms with Gasteiger partial charge < -0.3 is 10.6 Å². The minimum absolute atomic E-state index is 0.170. The third-order valence-corrected chi connectivity index (χ3v) is 5.72. The number of rotatable bonds is 9. The lowest BCUT2D eigenvalue weighted by molar-refractivity contribution is -0.135. The van der Waals surface area contributed by atoms with E-state index in [9.17, 15) is 14.4 Å². The molecule has 2 rings (SSSR count). The highest BCUT2D eigenvalue weighted by molar-refractivity contribution is 6.09. The third-order valence-electron chi connectivity index (χ3n) is 5.72. The average molecular weight is 402 g/mol. The van der Waals surface area contributed by atoms with Crippen LogP contribution in [-0.4, -0.2) is 34.8 Å². The predicted octanol–water partition coefficient (Wildman–Crippen LogP) is 3.81. The van der Waals surface area contributed by atoms with E-state index in [0.29, 0.717) is 18.8 Å². The Morgan fingerprint density at radius 3 is 2.10 bits per heavy atom. The number of hydrogen-bond donors (Lipinski definition) is 2. The molecule has 1 aliphatic rings. The highest BCUT2D eigenvalue weighted by atomic mass is 16.2. The molecule has 0 aromatic heterocycles. The SMILES string of the molecule is CCC1(CC)NC(=O)N(CC(=O)NC(c2ccc(CC(C)C)cc2)C(C)C)C1=O. The molecule has 0 bridgehead atoms. The molecule has 4 amide bonds. The lowest BCUT2D eigenvalue weighted by Gasteiger charge is -2.25. The topological polar surface area (TPSA) is 78.5 Å². The van der Waals surface area contributed by atoms with Crippen LogP contribution in [0, 0.1) is 11.8 Å². The van der Waals surface area contributed by atoms with Gasteiger partial charge in [0.2, 0.25) is 5.91 Å². The van der Waals surface area contributed by atoms with Crippen LogP contribution in [0.4, 0.5) is 4.79 Å². The van der Waals surface area contributed by atoms with Gasteiger partial charge in [-0.15, -0.1) is 0 Å². The fourth-order valence-electron chi connectivity index (χ4n) is 3.88. The molecular formula is C23H35N3O3. The maximum Gasteiger partial charge on any atom is 0.325 e. The summed E-state index contributed by atoms with van der Waals surface area (Å²) in [7, 11) is 0. The van der Waals surface area contributed by atoms with E-state index in [1.165, 1.54) is 5.56 Å². The first-order chi connectivity index (χ1) is 13.6. The molecule has 1 saturated heterocycles. The van der Waals surface area contributed by atoms with Crippen LogP contribution < -0.4 is 10.6 Å². The molecular weight excluding hydrogens is 366 g/mol. The summed E-state index contributed by atoms with van der Waals surface area (Å²) in [5.41, 5.74) is 1.41. The van der Waals surface area contributed by atoms with Crippen molar-refractivity contribution in [3.8, 4) is 0 Å². The van der Waals surface area contributed by atoms with Crippen molar-refractivity contribution in [2.24, 2.45) is 11.8 Å². The molecule has 160 valence electrons. The lowest BCUT2D eigenvalue weighted by Crippen LogP contribution is -2.47. The molecule has 2 N–H and O–H groups in total. The van der Waals surface area contributed by atoms with E-state index in [-0.39, 0.29) is 30.3 Å². The minimum atomic E-state index is -0.888. The zero-order valence-corrected chi connectivity index (χ0v) is 18.5. The zero-order valence-electron chi connectivity index (χ0n) is 18.5. The highest BCUT2D eigenvalue weighted by Crippen LogP contribution is 2.26. The molecule has 29 heavy (non-hydrogen) atoms. The van der Waals surface area contributed by atoms with Gasteiger partial charge in [0.05, 0.1) is 6.04 Å². The van der Waals surface area contributed by atoms with Crippen LogP contribution in [0.15, 0.2) is 24.3 Å². The normalized spacial score (nSPS) is 17.0. The largest absolute Gasteiger partial charge is 0.347 e. The van der Waals surface area contributed by atoms with Crippen LogP contribution in [0.3, 0.4) is 0 Å². The van der Waals surface area contributed by atoms with Crippen LogP contribution in [0.2, 0.25) is 0 Å². The van der Waals surface area contributed by atoms with Gasteiger partial charge in [-0.25, -0.2) is 4.79 Å². The molecule has 0 aliphatic carbocycles. The fourth-order valence-corrected chi connectivity index (χ4v) is 3.88. The second kappa shape index (κ2) is 9.42. The second-order valence-electron chi connectivity index (χ2n) is 8.74. The van der Waals surface area contributed by atoms with Gasteiger partial charge in [-0.1, -0.05) is 65.8 Å². The van der Waals surface area contributed by atoms with Gasteiger partial charge in [-0.05, 0) is 42.2 Å². The van der Waals surface area contributed by atoms with E-state index in [2.05, 4.69) is 48.7 Å². The smallest absolute Gasteiger partial charge is 0.325 e. The summed E-state index contributed by atoms with van der Waals surface area (Å²) < 4.78 is 0. The number of hydrogen-bond acceptors (Lipinski definition) is 3. The Morgan fingerprint density at radius 1 is 1.07 bits per heavy atom. The molecule has 1 unspecified atom stereocenters. The highest BCUT2D eigenvalue weighted by Gasteiger charge is 2.49. The first kappa shape index (κ1) is 22.9. The number of amides is 4. The van der Waals surface area contributed by atoms with Crippen LogP contribution >= 0.6 is 0 Å².